The lowest BCUT2D eigenvalue weighted by Gasteiger charge is -2.22. The molecule has 0 saturated carbocycles. The van der Waals surface area contributed by atoms with Crippen molar-refractivity contribution in [3.8, 4) is 0 Å². The van der Waals surface area contributed by atoms with Crippen LogP contribution in [0.15, 0.2) is 0 Å². The second kappa shape index (κ2) is 23.6. The van der Waals surface area contributed by atoms with Crippen LogP contribution in [0.5, 0.6) is 0 Å². The lowest BCUT2D eigenvalue weighted by Crippen LogP contribution is -2.27. The van der Waals surface area contributed by atoms with Gasteiger partial charge < -0.3 is 5.32 Å². The Morgan fingerprint density at radius 3 is 1.07 bits per heavy atom. The summed E-state index contributed by atoms with van der Waals surface area (Å²) < 4.78 is 0. The average molecular weight is 421 g/mol. The fraction of sp³-hybridized carbons (Fsp3) is 0.966. The smallest absolute Gasteiger partial charge is 0.00463 e. The Balaban J connectivity index is 1.63. The molecular formula is C29H58N. The second-order valence-corrected chi connectivity index (χ2v) is 10.3. The fourth-order valence-electron chi connectivity index (χ4n) is 5.14. The van der Waals surface area contributed by atoms with Gasteiger partial charge in [-0.25, -0.2) is 0 Å². The van der Waals surface area contributed by atoms with E-state index in [0.717, 1.165) is 12.3 Å². The largest absolute Gasteiger partial charge is 0.317 e. The molecule has 1 saturated heterocycles. The van der Waals surface area contributed by atoms with Crippen LogP contribution in [0.1, 0.15) is 161 Å². The van der Waals surface area contributed by atoms with Gasteiger partial charge in [-0.15, -0.1) is 0 Å². The van der Waals surface area contributed by atoms with Crippen molar-refractivity contribution < 1.29 is 0 Å². The van der Waals surface area contributed by atoms with Gasteiger partial charge in [-0.05, 0) is 31.8 Å². The first-order valence-corrected chi connectivity index (χ1v) is 14.4. The van der Waals surface area contributed by atoms with Gasteiger partial charge in [0.2, 0.25) is 0 Å². The molecule has 179 valence electrons. The molecule has 0 spiro atoms. The molecule has 0 aliphatic carbocycles. The van der Waals surface area contributed by atoms with Crippen molar-refractivity contribution >= 4 is 0 Å². The van der Waals surface area contributed by atoms with Crippen LogP contribution in [-0.2, 0) is 0 Å². The predicted molar refractivity (Wildman–Crippen MR) is 137 cm³/mol. The van der Waals surface area contributed by atoms with E-state index in [1.54, 1.807) is 0 Å². The second-order valence-electron chi connectivity index (χ2n) is 10.3. The molecule has 0 aromatic rings. The van der Waals surface area contributed by atoms with Gasteiger partial charge in [0.1, 0.15) is 0 Å². The Morgan fingerprint density at radius 2 is 0.733 bits per heavy atom. The molecule has 0 aromatic carbocycles. The summed E-state index contributed by atoms with van der Waals surface area (Å²) in [6, 6.07) is 0. The maximum absolute atomic E-state index is 3.92. The Bertz CT molecular complexity index is 307. The highest BCUT2D eigenvalue weighted by Crippen LogP contribution is 2.20. The average Bonchev–Trinajstić information content (AvgIpc) is 2.78. The van der Waals surface area contributed by atoms with Crippen molar-refractivity contribution in [3.05, 3.63) is 6.92 Å². The summed E-state index contributed by atoms with van der Waals surface area (Å²) in [5, 5.41) is 3.48. The first-order chi connectivity index (χ1) is 14.9. The third kappa shape index (κ3) is 19.9. The highest BCUT2D eigenvalue weighted by molar-refractivity contribution is 4.68. The van der Waals surface area contributed by atoms with Gasteiger partial charge in [-0.2, -0.15) is 0 Å². The topological polar surface area (TPSA) is 12.0 Å². The van der Waals surface area contributed by atoms with E-state index in [2.05, 4.69) is 12.2 Å². The van der Waals surface area contributed by atoms with Crippen LogP contribution in [0.25, 0.3) is 0 Å². The normalized spacial score (nSPS) is 15.1. The van der Waals surface area contributed by atoms with E-state index in [-0.39, 0.29) is 0 Å². The lowest BCUT2D eigenvalue weighted by molar-refractivity contribution is 0.342. The molecule has 0 amide bonds. The number of rotatable bonds is 23. The third-order valence-corrected chi connectivity index (χ3v) is 7.32. The minimum absolute atomic E-state index is 1.04. The van der Waals surface area contributed by atoms with Crippen LogP contribution in [0.2, 0.25) is 0 Å². The zero-order valence-corrected chi connectivity index (χ0v) is 20.9. The molecule has 1 rings (SSSR count). The molecule has 1 radical (unpaired) electrons. The van der Waals surface area contributed by atoms with Gasteiger partial charge in [0, 0.05) is 0 Å². The standard InChI is InChI=1S/C29H58N/c1-2-3-4-5-6-7-8-9-10-11-12-13-14-15-16-17-18-19-20-21-22-23-24-29-25-27-30-28-26-29/h29-30H,1-28H2. The fourth-order valence-corrected chi connectivity index (χ4v) is 5.14. The number of hydrogen-bond acceptors (Lipinski definition) is 1. The summed E-state index contributed by atoms with van der Waals surface area (Å²) in [6.07, 6.45) is 36.4. The molecule has 1 fully saturated rings. The van der Waals surface area contributed by atoms with E-state index >= 15 is 0 Å². The van der Waals surface area contributed by atoms with Crippen molar-refractivity contribution in [2.75, 3.05) is 13.1 Å². The minimum atomic E-state index is 1.04. The van der Waals surface area contributed by atoms with Gasteiger partial charge in [0.25, 0.3) is 0 Å². The number of piperidine rings is 1. The summed E-state index contributed by atoms with van der Waals surface area (Å²) in [5.74, 6) is 1.04. The van der Waals surface area contributed by atoms with E-state index in [9.17, 15) is 0 Å². The number of nitrogens with one attached hydrogen (secondary N) is 1. The molecule has 0 unspecified atom stereocenters. The molecule has 1 heteroatoms. The molecule has 1 nitrogen and oxygen atoms in total. The van der Waals surface area contributed by atoms with Crippen LogP contribution in [0, 0.1) is 12.8 Å². The molecule has 1 heterocycles. The van der Waals surface area contributed by atoms with Crippen LogP contribution in [0.3, 0.4) is 0 Å². The number of unbranched alkanes of at least 4 members (excludes halogenated alkanes) is 21. The molecule has 1 N–H and O–H groups in total. The van der Waals surface area contributed by atoms with E-state index in [1.165, 1.54) is 167 Å². The Labute approximate surface area is 192 Å². The summed E-state index contributed by atoms with van der Waals surface area (Å²) in [5.41, 5.74) is 0. The third-order valence-electron chi connectivity index (χ3n) is 7.32. The SMILES string of the molecule is [CH2]CCCCCCCCCCCCCCCCCCCCCCCC1CCNCC1. The quantitative estimate of drug-likeness (QED) is 0.162. The summed E-state index contributed by atoms with van der Waals surface area (Å²) in [4.78, 5) is 0. The molecule has 30 heavy (non-hydrogen) atoms. The summed E-state index contributed by atoms with van der Waals surface area (Å²) in [6.45, 7) is 6.45. The van der Waals surface area contributed by atoms with E-state index in [1.807, 2.05) is 0 Å². The van der Waals surface area contributed by atoms with E-state index in [0.29, 0.717) is 0 Å². The Kier molecular flexibility index (Phi) is 22.0. The van der Waals surface area contributed by atoms with Crippen molar-refractivity contribution in [2.45, 2.75) is 161 Å². The number of hydrogen-bond donors (Lipinski definition) is 1. The van der Waals surface area contributed by atoms with Gasteiger partial charge >= 0.3 is 0 Å². The van der Waals surface area contributed by atoms with Gasteiger partial charge in [0.15, 0.2) is 0 Å². The molecule has 1 aliphatic heterocycles. The predicted octanol–water partition coefficient (Wildman–Crippen LogP) is 9.79. The van der Waals surface area contributed by atoms with Crippen molar-refractivity contribution in [1.29, 1.82) is 0 Å². The zero-order valence-electron chi connectivity index (χ0n) is 20.9. The molecule has 0 atom stereocenters. The van der Waals surface area contributed by atoms with Crippen LogP contribution in [-0.4, -0.2) is 13.1 Å². The van der Waals surface area contributed by atoms with Gasteiger partial charge in [0.05, 0.1) is 0 Å². The monoisotopic (exact) mass is 420 g/mol. The van der Waals surface area contributed by atoms with Gasteiger partial charge in [-0.3, -0.25) is 0 Å². The highest BCUT2D eigenvalue weighted by Gasteiger charge is 2.11. The van der Waals surface area contributed by atoms with Crippen molar-refractivity contribution in [2.24, 2.45) is 5.92 Å². The van der Waals surface area contributed by atoms with Crippen LogP contribution >= 0.6 is 0 Å². The van der Waals surface area contributed by atoms with Gasteiger partial charge in [-0.1, -0.05) is 155 Å². The van der Waals surface area contributed by atoms with E-state index < -0.39 is 0 Å². The Hall–Kier alpha value is -0.0400. The van der Waals surface area contributed by atoms with Crippen molar-refractivity contribution in [1.82, 2.24) is 5.32 Å². The Morgan fingerprint density at radius 1 is 0.433 bits per heavy atom. The molecule has 1 aliphatic rings. The summed E-state index contributed by atoms with van der Waals surface area (Å²) >= 11 is 0. The summed E-state index contributed by atoms with van der Waals surface area (Å²) in [7, 11) is 0. The molecular weight excluding hydrogens is 362 g/mol. The molecule has 0 aromatic heterocycles. The van der Waals surface area contributed by atoms with E-state index in [4.69, 9.17) is 0 Å². The maximum Gasteiger partial charge on any atom is -0.00463 e. The first kappa shape index (κ1) is 28.0. The minimum Gasteiger partial charge on any atom is -0.317 e. The highest BCUT2D eigenvalue weighted by atomic mass is 14.9. The zero-order chi connectivity index (χ0) is 21.4. The lowest BCUT2D eigenvalue weighted by atomic mass is 9.92. The maximum atomic E-state index is 3.92. The van der Waals surface area contributed by atoms with Crippen molar-refractivity contribution in [3.63, 3.8) is 0 Å². The first-order valence-electron chi connectivity index (χ1n) is 14.4. The van der Waals surface area contributed by atoms with Crippen LogP contribution < -0.4 is 5.32 Å². The molecule has 0 bridgehead atoms. The van der Waals surface area contributed by atoms with Crippen LogP contribution in [0.4, 0.5) is 0 Å².